The van der Waals surface area contributed by atoms with Crippen LogP contribution in [0.15, 0.2) is 0 Å². The molecule has 0 N–H and O–H groups in total. The molecule has 0 aromatic rings. The van der Waals surface area contributed by atoms with Crippen LogP contribution in [0.25, 0.3) is 0 Å². The summed E-state index contributed by atoms with van der Waals surface area (Å²) in [4.78, 5) is 11.3. The van der Waals surface area contributed by atoms with E-state index in [4.69, 9.17) is 4.74 Å². The summed E-state index contributed by atoms with van der Waals surface area (Å²) in [6, 6.07) is 0. The predicted octanol–water partition coefficient (Wildman–Crippen LogP) is 3.44. The van der Waals surface area contributed by atoms with Crippen LogP contribution in [0.3, 0.4) is 0 Å². The fourth-order valence-corrected chi connectivity index (χ4v) is 1.35. The molecule has 0 saturated carbocycles. The summed E-state index contributed by atoms with van der Waals surface area (Å²) in [7, 11) is 0. The van der Waals surface area contributed by atoms with E-state index < -0.39 is 0 Å². The summed E-state index contributed by atoms with van der Waals surface area (Å²) in [5.41, 5.74) is 0. The van der Waals surface area contributed by atoms with E-state index in [-0.39, 0.29) is 0 Å². The fraction of sp³-hybridized carbons (Fsp3) is 0.923. The van der Waals surface area contributed by atoms with Crippen molar-refractivity contribution in [3.05, 3.63) is 0 Å². The van der Waals surface area contributed by atoms with E-state index in [0.29, 0.717) is 30.5 Å². The van der Waals surface area contributed by atoms with Crippen LogP contribution < -0.4 is 0 Å². The topological polar surface area (TPSA) is 26.3 Å². The molecule has 0 radical (unpaired) electrons. The Labute approximate surface area is 94.4 Å². The van der Waals surface area contributed by atoms with Gasteiger partial charge in [0.15, 0.2) is 0 Å². The highest BCUT2D eigenvalue weighted by molar-refractivity contribution is 5.78. The number of carbonyl (C=O) groups is 1. The van der Waals surface area contributed by atoms with E-state index >= 15 is 0 Å². The third kappa shape index (κ3) is 11.6. The molecule has 0 aliphatic carbocycles. The number of carbonyl (C=O) groups excluding carboxylic acids is 1. The first-order valence-electron chi connectivity index (χ1n) is 6.11. The zero-order valence-electron chi connectivity index (χ0n) is 10.7. The SMILES string of the molecule is CC(C)CCOCCCC(=O)CC(C)C. The zero-order chi connectivity index (χ0) is 11.7. The molecule has 15 heavy (non-hydrogen) atoms. The lowest BCUT2D eigenvalue weighted by Crippen LogP contribution is -2.06. The van der Waals surface area contributed by atoms with Crippen molar-refractivity contribution in [3.8, 4) is 0 Å². The number of ketones is 1. The van der Waals surface area contributed by atoms with E-state index in [1.54, 1.807) is 0 Å². The van der Waals surface area contributed by atoms with Gasteiger partial charge in [-0.05, 0) is 24.7 Å². The standard InChI is InChI=1S/C13H26O2/c1-11(2)7-9-15-8-5-6-13(14)10-12(3)4/h11-12H,5-10H2,1-4H3. The van der Waals surface area contributed by atoms with Gasteiger partial charge < -0.3 is 4.74 Å². The number of hydrogen-bond acceptors (Lipinski definition) is 2. The molecule has 0 aliphatic heterocycles. The molecule has 0 bridgehead atoms. The Morgan fingerprint density at radius 2 is 1.73 bits per heavy atom. The number of ether oxygens (including phenoxy) is 1. The largest absolute Gasteiger partial charge is 0.381 e. The van der Waals surface area contributed by atoms with Crippen molar-refractivity contribution < 1.29 is 9.53 Å². The van der Waals surface area contributed by atoms with Gasteiger partial charge in [0.1, 0.15) is 5.78 Å². The van der Waals surface area contributed by atoms with Crippen LogP contribution in [0.2, 0.25) is 0 Å². The second kappa shape index (κ2) is 8.90. The van der Waals surface area contributed by atoms with Crippen LogP contribution in [0.5, 0.6) is 0 Å². The van der Waals surface area contributed by atoms with Gasteiger partial charge in [0.25, 0.3) is 0 Å². The minimum atomic E-state index is 0.373. The zero-order valence-corrected chi connectivity index (χ0v) is 10.7. The number of Topliss-reactive ketones (excluding diaryl/α,β-unsaturated/α-hetero) is 1. The molecule has 0 aromatic heterocycles. The molecule has 0 unspecified atom stereocenters. The lowest BCUT2D eigenvalue weighted by molar-refractivity contribution is -0.120. The first kappa shape index (κ1) is 14.6. The Morgan fingerprint density at radius 1 is 1.07 bits per heavy atom. The molecular weight excluding hydrogens is 188 g/mol. The molecule has 90 valence electrons. The highest BCUT2D eigenvalue weighted by atomic mass is 16.5. The molecule has 0 amide bonds. The molecule has 0 spiro atoms. The molecule has 0 atom stereocenters. The van der Waals surface area contributed by atoms with Gasteiger partial charge in [-0.3, -0.25) is 4.79 Å². The van der Waals surface area contributed by atoms with Crippen LogP contribution in [-0.4, -0.2) is 19.0 Å². The maximum atomic E-state index is 11.3. The highest BCUT2D eigenvalue weighted by Gasteiger charge is 2.04. The summed E-state index contributed by atoms with van der Waals surface area (Å²) < 4.78 is 5.45. The maximum Gasteiger partial charge on any atom is 0.133 e. The Hall–Kier alpha value is -0.370. The Kier molecular flexibility index (Phi) is 8.68. The Morgan fingerprint density at radius 3 is 2.27 bits per heavy atom. The predicted molar refractivity (Wildman–Crippen MR) is 64.0 cm³/mol. The van der Waals surface area contributed by atoms with Gasteiger partial charge in [-0.15, -0.1) is 0 Å². The molecule has 0 fully saturated rings. The van der Waals surface area contributed by atoms with Gasteiger partial charge >= 0.3 is 0 Å². The summed E-state index contributed by atoms with van der Waals surface area (Å²) in [5, 5.41) is 0. The van der Waals surface area contributed by atoms with Crippen molar-refractivity contribution in [1.82, 2.24) is 0 Å². The van der Waals surface area contributed by atoms with Crippen LogP contribution in [0, 0.1) is 11.8 Å². The van der Waals surface area contributed by atoms with Gasteiger partial charge in [0, 0.05) is 26.1 Å². The monoisotopic (exact) mass is 214 g/mol. The van der Waals surface area contributed by atoms with Crippen molar-refractivity contribution in [1.29, 1.82) is 0 Å². The van der Waals surface area contributed by atoms with Gasteiger partial charge in [-0.1, -0.05) is 27.7 Å². The third-order valence-electron chi connectivity index (χ3n) is 2.22. The minimum absolute atomic E-state index is 0.373. The van der Waals surface area contributed by atoms with Crippen LogP contribution in [0.1, 0.15) is 53.4 Å². The third-order valence-corrected chi connectivity index (χ3v) is 2.22. The molecule has 2 heteroatoms. The van der Waals surface area contributed by atoms with Gasteiger partial charge in [-0.2, -0.15) is 0 Å². The van der Waals surface area contributed by atoms with E-state index in [0.717, 1.165) is 26.1 Å². The van der Waals surface area contributed by atoms with Crippen LogP contribution in [0.4, 0.5) is 0 Å². The van der Waals surface area contributed by atoms with E-state index in [2.05, 4.69) is 27.7 Å². The maximum absolute atomic E-state index is 11.3. The summed E-state index contributed by atoms with van der Waals surface area (Å²) >= 11 is 0. The minimum Gasteiger partial charge on any atom is -0.381 e. The lowest BCUT2D eigenvalue weighted by atomic mass is 10.0. The normalized spacial score (nSPS) is 11.3. The van der Waals surface area contributed by atoms with Gasteiger partial charge in [0.2, 0.25) is 0 Å². The van der Waals surface area contributed by atoms with Crippen molar-refractivity contribution in [2.24, 2.45) is 11.8 Å². The smallest absolute Gasteiger partial charge is 0.133 e. The lowest BCUT2D eigenvalue weighted by Gasteiger charge is -2.06. The van der Waals surface area contributed by atoms with Crippen molar-refractivity contribution in [2.75, 3.05) is 13.2 Å². The van der Waals surface area contributed by atoms with E-state index in [9.17, 15) is 4.79 Å². The van der Waals surface area contributed by atoms with Crippen LogP contribution in [-0.2, 0) is 9.53 Å². The Bertz CT molecular complexity index is 162. The fourth-order valence-electron chi connectivity index (χ4n) is 1.35. The van der Waals surface area contributed by atoms with Gasteiger partial charge in [0.05, 0.1) is 0 Å². The highest BCUT2D eigenvalue weighted by Crippen LogP contribution is 2.05. The van der Waals surface area contributed by atoms with Crippen molar-refractivity contribution in [2.45, 2.75) is 53.4 Å². The molecule has 0 aliphatic rings. The molecule has 2 nitrogen and oxygen atoms in total. The first-order valence-corrected chi connectivity index (χ1v) is 6.11. The molecular formula is C13H26O2. The molecule has 0 heterocycles. The molecule has 0 aromatic carbocycles. The van der Waals surface area contributed by atoms with Crippen LogP contribution >= 0.6 is 0 Å². The number of hydrogen-bond donors (Lipinski definition) is 0. The summed E-state index contributed by atoms with van der Waals surface area (Å²) in [6.07, 6.45) is 3.38. The summed E-state index contributed by atoms with van der Waals surface area (Å²) in [5.74, 6) is 1.56. The second-order valence-electron chi connectivity index (χ2n) is 5.04. The Balaban J connectivity index is 3.20. The van der Waals surface area contributed by atoms with E-state index in [1.165, 1.54) is 0 Å². The second-order valence-corrected chi connectivity index (χ2v) is 5.04. The first-order chi connectivity index (χ1) is 7.02. The quantitative estimate of drug-likeness (QED) is 0.550. The number of rotatable bonds is 9. The van der Waals surface area contributed by atoms with Gasteiger partial charge in [-0.25, -0.2) is 0 Å². The average molecular weight is 214 g/mol. The molecule has 0 rings (SSSR count). The summed E-state index contributed by atoms with van der Waals surface area (Å²) in [6.45, 7) is 10.1. The van der Waals surface area contributed by atoms with Crippen molar-refractivity contribution >= 4 is 5.78 Å². The van der Waals surface area contributed by atoms with Crippen molar-refractivity contribution in [3.63, 3.8) is 0 Å². The average Bonchev–Trinajstić information content (AvgIpc) is 2.09. The van der Waals surface area contributed by atoms with E-state index in [1.807, 2.05) is 0 Å². The molecule has 0 saturated heterocycles.